The quantitative estimate of drug-likeness (QED) is 0.197. The van der Waals surface area contributed by atoms with Crippen molar-refractivity contribution < 1.29 is 19.1 Å². The normalized spacial score (nSPS) is 16.9. The SMILES string of the molecule is Cc1cnccc1-c1cccc(C[C@H](N)C(=O)N(c2ccc(-c3n[nH]c(=O)[nH]3)cc2)C(=O)[C@H]2CC[C@H](CNC(=O)OC(C)(C)C)CC2)c1. The summed E-state index contributed by atoms with van der Waals surface area (Å²) in [5.74, 6) is -0.662. The summed E-state index contributed by atoms with van der Waals surface area (Å²) < 4.78 is 5.35. The molecule has 0 bridgehead atoms. The molecule has 5 rings (SSSR count). The highest BCUT2D eigenvalue weighted by atomic mass is 16.6. The number of alkyl carbamates (subject to hydrolysis) is 1. The lowest BCUT2D eigenvalue weighted by Crippen LogP contribution is -2.50. The molecule has 0 saturated heterocycles. The number of aromatic nitrogens is 4. The van der Waals surface area contributed by atoms with Gasteiger partial charge in [0.05, 0.1) is 11.7 Å². The number of anilines is 1. The van der Waals surface area contributed by atoms with Crippen LogP contribution in [0.25, 0.3) is 22.5 Å². The molecule has 252 valence electrons. The van der Waals surface area contributed by atoms with Crippen LogP contribution < -0.4 is 21.6 Å². The number of imide groups is 1. The van der Waals surface area contributed by atoms with E-state index in [0.29, 0.717) is 49.3 Å². The lowest BCUT2D eigenvalue weighted by atomic mass is 9.81. The average molecular weight is 654 g/mol. The summed E-state index contributed by atoms with van der Waals surface area (Å²) in [4.78, 5) is 60.0. The van der Waals surface area contributed by atoms with Gasteiger partial charge in [0.25, 0.3) is 5.91 Å². The minimum Gasteiger partial charge on any atom is -0.444 e. The molecule has 0 radical (unpaired) electrons. The summed E-state index contributed by atoms with van der Waals surface area (Å²) >= 11 is 0. The van der Waals surface area contributed by atoms with Gasteiger partial charge in [0.2, 0.25) is 5.91 Å². The molecule has 12 heteroatoms. The molecular weight excluding hydrogens is 610 g/mol. The molecule has 1 saturated carbocycles. The highest BCUT2D eigenvalue weighted by molar-refractivity contribution is 6.17. The van der Waals surface area contributed by atoms with Gasteiger partial charge in [-0.2, -0.15) is 5.10 Å². The Hall–Kier alpha value is -5.10. The predicted molar refractivity (Wildman–Crippen MR) is 183 cm³/mol. The maximum atomic E-state index is 14.2. The number of benzene rings is 2. The third-order valence-electron chi connectivity index (χ3n) is 8.50. The largest absolute Gasteiger partial charge is 0.444 e. The van der Waals surface area contributed by atoms with Crippen LogP contribution in [-0.2, 0) is 20.7 Å². The van der Waals surface area contributed by atoms with Crippen molar-refractivity contribution in [3.05, 3.63) is 88.6 Å². The fourth-order valence-corrected chi connectivity index (χ4v) is 6.05. The molecule has 0 aliphatic heterocycles. The van der Waals surface area contributed by atoms with Crippen LogP contribution in [-0.4, -0.2) is 56.3 Å². The van der Waals surface area contributed by atoms with E-state index in [1.807, 2.05) is 58.0 Å². The van der Waals surface area contributed by atoms with Gasteiger partial charge in [-0.05, 0) is 118 Å². The zero-order valence-corrected chi connectivity index (χ0v) is 27.8. The number of ether oxygens (including phenoxy) is 1. The fraction of sp³-hybridized carbons (Fsp3) is 0.389. The summed E-state index contributed by atoms with van der Waals surface area (Å²) in [6, 6.07) is 15.5. The van der Waals surface area contributed by atoms with Crippen molar-refractivity contribution in [1.82, 2.24) is 25.5 Å². The third kappa shape index (κ3) is 8.62. The summed E-state index contributed by atoms with van der Waals surface area (Å²) in [5.41, 5.74) is 10.5. The highest BCUT2D eigenvalue weighted by Crippen LogP contribution is 2.32. The molecule has 0 spiro atoms. The van der Waals surface area contributed by atoms with Crippen molar-refractivity contribution in [1.29, 1.82) is 0 Å². The first-order valence-electron chi connectivity index (χ1n) is 16.2. The molecule has 1 atom stereocenters. The zero-order valence-electron chi connectivity index (χ0n) is 27.8. The van der Waals surface area contributed by atoms with E-state index in [2.05, 4.69) is 25.5 Å². The van der Waals surface area contributed by atoms with Crippen LogP contribution in [0.15, 0.2) is 71.8 Å². The predicted octanol–water partition coefficient (Wildman–Crippen LogP) is 4.90. The number of pyridine rings is 1. The third-order valence-corrected chi connectivity index (χ3v) is 8.50. The number of nitrogens with one attached hydrogen (secondary N) is 3. The number of H-pyrrole nitrogens is 2. The van der Waals surface area contributed by atoms with Crippen LogP contribution in [0.1, 0.15) is 57.6 Å². The molecule has 3 amide bonds. The van der Waals surface area contributed by atoms with Gasteiger partial charge < -0.3 is 15.8 Å². The Morgan fingerprint density at radius 3 is 2.42 bits per heavy atom. The number of nitrogens with zero attached hydrogens (tertiary/aromatic N) is 3. The number of carbonyl (C=O) groups is 3. The van der Waals surface area contributed by atoms with Gasteiger partial charge in [-0.1, -0.05) is 24.3 Å². The molecule has 0 unspecified atom stereocenters. The molecule has 2 heterocycles. The van der Waals surface area contributed by atoms with Crippen LogP contribution in [0.5, 0.6) is 0 Å². The Balaban J connectivity index is 1.32. The second kappa shape index (κ2) is 14.8. The van der Waals surface area contributed by atoms with Gasteiger partial charge >= 0.3 is 11.8 Å². The summed E-state index contributed by atoms with van der Waals surface area (Å²) in [6.07, 6.45) is 5.89. The van der Waals surface area contributed by atoms with Crippen LogP contribution in [0, 0.1) is 18.8 Å². The maximum Gasteiger partial charge on any atom is 0.407 e. The first-order valence-corrected chi connectivity index (χ1v) is 16.2. The number of nitrogens with two attached hydrogens (primary N) is 1. The van der Waals surface area contributed by atoms with E-state index in [0.717, 1.165) is 22.3 Å². The second-order valence-electron chi connectivity index (χ2n) is 13.4. The number of hydrogen-bond acceptors (Lipinski definition) is 8. The number of amides is 3. The Labute approximate surface area is 279 Å². The molecule has 1 aliphatic rings. The van der Waals surface area contributed by atoms with Crippen molar-refractivity contribution >= 4 is 23.6 Å². The lowest BCUT2D eigenvalue weighted by molar-refractivity contribution is -0.130. The van der Waals surface area contributed by atoms with Crippen molar-refractivity contribution in [2.24, 2.45) is 17.6 Å². The van der Waals surface area contributed by atoms with Crippen LogP contribution in [0.4, 0.5) is 10.5 Å². The smallest absolute Gasteiger partial charge is 0.407 e. The molecule has 48 heavy (non-hydrogen) atoms. The Bertz CT molecular complexity index is 1800. The van der Waals surface area contributed by atoms with Gasteiger partial charge in [0.1, 0.15) is 5.60 Å². The number of hydrogen-bond donors (Lipinski definition) is 4. The van der Waals surface area contributed by atoms with Crippen LogP contribution in [0.3, 0.4) is 0 Å². The molecule has 5 N–H and O–H groups in total. The number of aryl methyl sites for hydroxylation is 1. The molecule has 1 fully saturated rings. The summed E-state index contributed by atoms with van der Waals surface area (Å²) in [7, 11) is 0. The number of carbonyl (C=O) groups excluding carboxylic acids is 3. The molecule has 4 aromatic rings. The van der Waals surface area contributed by atoms with E-state index in [9.17, 15) is 19.2 Å². The Kier molecular flexibility index (Phi) is 10.5. The van der Waals surface area contributed by atoms with Crippen LogP contribution in [0.2, 0.25) is 0 Å². The van der Waals surface area contributed by atoms with Gasteiger partial charge in [-0.15, -0.1) is 0 Å². The van der Waals surface area contributed by atoms with E-state index in [1.165, 1.54) is 4.90 Å². The molecule has 2 aromatic heterocycles. The lowest BCUT2D eigenvalue weighted by Gasteiger charge is -2.32. The molecule has 1 aliphatic carbocycles. The zero-order chi connectivity index (χ0) is 34.4. The van der Waals surface area contributed by atoms with E-state index in [-0.39, 0.29) is 24.2 Å². The summed E-state index contributed by atoms with van der Waals surface area (Å²) in [6.45, 7) is 7.89. The van der Waals surface area contributed by atoms with E-state index < -0.39 is 29.3 Å². The van der Waals surface area contributed by atoms with Gasteiger partial charge in [0.15, 0.2) is 5.82 Å². The minimum absolute atomic E-state index is 0.194. The first-order chi connectivity index (χ1) is 22.9. The van der Waals surface area contributed by atoms with Gasteiger partial charge in [-0.25, -0.2) is 19.6 Å². The number of aromatic amines is 2. The Morgan fingerprint density at radius 1 is 1.04 bits per heavy atom. The minimum atomic E-state index is -0.987. The molecule has 12 nitrogen and oxygen atoms in total. The van der Waals surface area contributed by atoms with Crippen molar-refractivity contribution in [2.45, 2.75) is 71.4 Å². The summed E-state index contributed by atoms with van der Waals surface area (Å²) in [5, 5.41) is 9.14. The van der Waals surface area contributed by atoms with Gasteiger partial charge in [-0.3, -0.25) is 19.6 Å². The van der Waals surface area contributed by atoms with E-state index >= 15 is 0 Å². The van der Waals surface area contributed by atoms with Crippen molar-refractivity contribution in [3.63, 3.8) is 0 Å². The monoisotopic (exact) mass is 653 g/mol. The topological polar surface area (TPSA) is 176 Å². The Morgan fingerprint density at radius 2 is 1.77 bits per heavy atom. The molecular formula is C36H43N7O5. The van der Waals surface area contributed by atoms with Crippen LogP contribution >= 0.6 is 0 Å². The number of rotatable bonds is 9. The van der Waals surface area contributed by atoms with Gasteiger partial charge in [0, 0.05) is 30.4 Å². The van der Waals surface area contributed by atoms with Crippen molar-refractivity contribution in [3.8, 4) is 22.5 Å². The van der Waals surface area contributed by atoms with Crippen molar-refractivity contribution in [2.75, 3.05) is 11.4 Å². The highest BCUT2D eigenvalue weighted by Gasteiger charge is 2.35. The van der Waals surface area contributed by atoms with E-state index in [1.54, 1.807) is 36.7 Å². The van der Waals surface area contributed by atoms with E-state index in [4.69, 9.17) is 10.5 Å². The maximum absolute atomic E-state index is 14.2. The first kappa shape index (κ1) is 34.2. The second-order valence-corrected chi connectivity index (χ2v) is 13.4. The fourth-order valence-electron chi connectivity index (χ4n) is 6.05. The standard InChI is InChI=1S/C36H43N7O5/c1-22-20-38-17-16-29(22)27-7-5-6-24(18-27)19-30(37)33(45)43(28-14-12-25(13-15-28)31-40-34(46)42-41-31)32(44)26-10-8-23(9-11-26)21-39-35(47)48-36(2,3)4/h5-7,12-18,20,23,26,30H,8-11,19,21,37H2,1-4H3,(H,39,47)(H2,40,41,42,46)/t23-,26-,30-/m0/s1. The molecule has 2 aromatic carbocycles. The average Bonchev–Trinajstić information content (AvgIpc) is 3.50.